The maximum absolute atomic E-state index is 12.6. The molecule has 0 saturated carbocycles. The normalized spacial score (nSPS) is 15.3. The van der Waals surface area contributed by atoms with Gasteiger partial charge in [0.1, 0.15) is 22.4 Å². The van der Waals surface area contributed by atoms with Crippen LogP contribution in [0.3, 0.4) is 0 Å². The van der Waals surface area contributed by atoms with Gasteiger partial charge in [-0.3, -0.25) is 14.5 Å². The summed E-state index contributed by atoms with van der Waals surface area (Å²) < 4.78 is 5.76. The van der Waals surface area contributed by atoms with Crippen molar-refractivity contribution in [1.82, 2.24) is 9.88 Å². The van der Waals surface area contributed by atoms with Crippen LogP contribution in [0.4, 0.5) is 5.82 Å². The molecule has 2 aromatic rings. The molecule has 27 heavy (non-hydrogen) atoms. The highest BCUT2D eigenvalue weighted by Crippen LogP contribution is 2.32. The Balaban J connectivity index is 1.66. The van der Waals surface area contributed by atoms with E-state index in [9.17, 15) is 9.59 Å². The van der Waals surface area contributed by atoms with Crippen LogP contribution in [0.2, 0.25) is 0 Å². The highest BCUT2D eigenvalue weighted by atomic mass is 32.2. The van der Waals surface area contributed by atoms with Crippen LogP contribution < -0.4 is 10.1 Å². The smallest absolute Gasteiger partial charge is 0.266 e. The highest BCUT2D eigenvalue weighted by Gasteiger charge is 2.33. The molecule has 138 valence electrons. The van der Waals surface area contributed by atoms with E-state index in [2.05, 4.69) is 10.3 Å². The number of thiocarbonyl (C=S) groups is 1. The van der Waals surface area contributed by atoms with Crippen LogP contribution in [-0.4, -0.2) is 39.2 Å². The third kappa shape index (κ3) is 4.93. The lowest BCUT2D eigenvalue weighted by atomic mass is 10.2. The molecule has 1 aromatic heterocycles. The fraction of sp³-hybridized carbons (Fsp3) is 0.158. The maximum atomic E-state index is 12.6. The number of carbonyl (C=O) groups is 2. The number of pyridine rings is 1. The first-order chi connectivity index (χ1) is 13.1. The number of carbonyl (C=O) groups excluding carboxylic acids is 2. The van der Waals surface area contributed by atoms with Crippen LogP contribution in [0.1, 0.15) is 12.5 Å². The summed E-state index contributed by atoms with van der Waals surface area (Å²) in [6, 6.07) is 12.6. The number of benzene rings is 1. The molecule has 0 radical (unpaired) electrons. The van der Waals surface area contributed by atoms with Gasteiger partial charge in [0.25, 0.3) is 5.91 Å². The van der Waals surface area contributed by atoms with Gasteiger partial charge in [-0.1, -0.05) is 42.2 Å². The molecule has 6 nitrogen and oxygen atoms in total. The van der Waals surface area contributed by atoms with E-state index in [1.54, 1.807) is 30.5 Å². The van der Waals surface area contributed by atoms with Gasteiger partial charge < -0.3 is 10.1 Å². The quantitative estimate of drug-likeness (QED) is 0.594. The molecule has 0 unspecified atom stereocenters. The van der Waals surface area contributed by atoms with E-state index < -0.39 is 0 Å². The van der Waals surface area contributed by atoms with E-state index >= 15 is 0 Å². The van der Waals surface area contributed by atoms with Crippen molar-refractivity contribution in [3.05, 3.63) is 59.1 Å². The summed E-state index contributed by atoms with van der Waals surface area (Å²) in [6.45, 7) is 2.36. The second-order valence-corrected chi connectivity index (χ2v) is 7.21. The minimum atomic E-state index is -0.354. The van der Waals surface area contributed by atoms with Crippen LogP contribution in [-0.2, 0) is 9.59 Å². The monoisotopic (exact) mass is 399 g/mol. The second kappa shape index (κ2) is 8.79. The Hall–Kier alpha value is -2.71. The number of amides is 2. The number of thioether (sulfide) groups is 1. The van der Waals surface area contributed by atoms with E-state index in [0.29, 0.717) is 21.7 Å². The number of aromatic nitrogens is 1. The average Bonchev–Trinajstić information content (AvgIpc) is 2.92. The predicted octanol–water partition coefficient (Wildman–Crippen LogP) is 3.32. The predicted molar refractivity (Wildman–Crippen MR) is 110 cm³/mol. The van der Waals surface area contributed by atoms with E-state index in [1.165, 1.54) is 16.7 Å². The SMILES string of the molecule is CCOc1ccc(/C=C2/SC(=S)N(CC(=O)Nc3ccccn3)C2=O)cc1. The second-order valence-electron chi connectivity index (χ2n) is 5.53. The lowest BCUT2D eigenvalue weighted by Crippen LogP contribution is -2.36. The molecule has 1 aliphatic heterocycles. The zero-order chi connectivity index (χ0) is 19.2. The van der Waals surface area contributed by atoms with Crippen molar-refractivity contribution in [1.29, 1.82) is 0 Å². The van der Waals surface area contributed by atoms with Crippen LogP contribution in [0.25, 0.3) is 6.08 Å². The minimum absolute atomic E-state index is 0.151. The van der Waals surface area contributed by atoms with E-state index in [-0.39, 0.29) is 18.4 Å². The molecule has 1 N–H and O–H groups in total. The molecule has 0 bridgehead atoms. The molecule has 1 saturated heterocycles. The first-order valence-corrected chi connectivity index (χ1v) is 9.48. The Morgan fingerprint density at radius 1 is 1.30 bits per heavy atom. The minimum Gasteiger partial charge on any atom is -0.494 e. The zero-order valence-electron chi connectivity index (χ0n) is 14.5. The van der Waals surface area contributed by atoms with Crippen molar-refractivity contribution in [3.63, 3.8) is 0 Å². The summed E-state index contributed by atoms with van der Waals surface area (Å²) in [5.74, 6) is 0.564. The lowest BCUT2D eigenvalue weighted by molar-refractivity contribution is -0.126. The number of nitrogens with one attached hydrogen (secondary N) is 1. The number of nitrogens with zero attached hydrogens (tertiary/aromatic N) is 2. The molecular weight excluding hydrogens is 382 g/mol. The van der Waals surface area contributed by atoms with Gasteiger partial charge in [0, 0.05) is 6.20 Å². The van der Waals surface area contributed by atoms with Gasteiger partial charge >= 0.3 is 0 Å². The summed E-state index contributed by atoms with van der Waals surface area (Å²) in [5.41, 5.74) is 0.858. The van der Waals surface area contributed by atoms with Gasteiger partial charge in [-0.05, 0) is 42.8 Å². The number of ether oxygens (including phenoxy) is 1. The molecule has 0 spiro atoms. The molecule has 1 fully saturated rings. The summed E-state index contributed by atoms with van der Waals surface area (Å²) in [4.78, 5) is 30.6. The van der Waals surface area contributed by atoms with E-state index in [4.69, 9.17) is 17.0 Å². The zero-order valence-corrected chi connectivity index (χ0v) is 16.2. The number of hydrogen-bond donors (Lipinski definition) is 1. The van der Waals surface area contributed by atoms with Crippen LogP contribution in [0, 0.1) is 0 Å². The van der Waals surface area contributed by atoms with Crippen molar-refractivity contribution in [2.75, 3.05) is 18.5 Å². The van der Waals surface area contributed by atoms with E-state index in [1.807, 2.05) is 31.2 Å². The lowest BCUT2D eigenvalue weighted by Gasteiger charge is -2.13. The van der Waals surface area contributed by atoms with Crippen LogP contribution in [0.5, 0.6) is 5.75 Å². The van der Waals surface area contributed by atoms with Crippen molar-refractivity contribution in [3.8, 4) is 5.75 Å². The third-order valence-electron chi connectivity index (χ3n) is 3.60. The molecule has 2 amide bonds. The standard InChI is InChI=1S/C19H17N3O3S2/c1-2-25-14-8-6-13(7-9-14)11-15-18(24)22(19(26)27-15)12-17(23)21-16-5-3-4-10-20-16/h3-11H,2,12H2,1H3,(H,20,21,23)/b15-11+. The number of hydrogen-bond acceptors (Lipinski definition) is 6. The third-order valence-corrected chi connectivity index (χ3v) is 4.97. The van der Waals surface area contributed by atoms with Gasteiger partial charge in [-0.2, -0.15) is 0 Å². The molecule has 1 aromatic carbocycles. The Bertz CT molecular complexity index is 883. The van der Waals surface area contributed by atoms with Crippen LogP contribution >= 0.6 is 24.0 Å². The molecule has 0 atom stereocenters. The Morgan fingerprint density at radius 3 is 2.74 bits per heavy atom. The summed E-state index contributed by atoms with van der Waals surface area (Å²) in [6.07, 6.45) is 3.33. The van der Waals surface area contributed by atoms with Gasteiger partial charge in [-0.25, -0.2) is 4.98 Å². The van der Waals surface area contributed by atoms with Gasteiger partial charge in [0.05, 0.1) is 11.5 Å². The van der Waals surface area contributed by atoms with Crippen molar-refractivity contribution < 1.29 is 14.3 Å². The van der Waals surface area contributed by atoms with Gasteiger partial charge in [-0.15, -0.1) is 0 Å². The molecule has 0 aliphatic carbocycles. The van der Waals surface area contributed by atoms with Crippen LogP contribution in [0.15, 0.2) is 53.6 Å². The van der Waals surface area contributed by atoms with Gasteiger partial charge in [0.2, 0.25) is 5.91 Å². The largest absolute Gasteiger partial charge is 0.494 e. The average molecular weight is 399 g/mol. The topological polar surface area (TPSA) is 71.5 Å². The summed E-state index contributed by atoms with van der Waals surface area (Å²) in [7, 11) is 0. The van der Waals surface area contributed by atoms with Crippen molar-refractivity contribution in [2.24, 2.45) is 0 Å². The van der Waals surface area contributed by atoms with E-state index in [0.717, 1.165) is 11.3 Å². The number of anilines is 1. The Morgan fingerprint density at radius 2 is 2.07 bits per heavy atom. The molecule has 8 heteroatoms. The molecule has 3 rings (SSSR count). The molecule has 2 heterocycles. The van der Waals surface area contributed by atoms with Crippen molar-refractivity contribution in [2.45, 2.75) is 6.92 Å². The number of rotatable bonds is 6. The first kappa shape index (κ1) is 19.1. The summed E-state index contributed by atoms with van der Waals surface area (Å²) in [5, 5.41) is 2.65. The fourth-order valence-electron chi connectivity index (χ4n) is 2.38. The fourth-order valence-corrected chi connectivity index (χ4v) is 3.63. The first-order valence-electron chi connectivity index (χ1n) is 8.26. The molecular formula is C19H17N3O3S2. The van der Waals surface area contributed by atoms with Crippen molar-refractivity contribution >= 4 is 52.0 Å². The molecule has 1 aliphatic rings. The Labute approximate surface area is 166 Å². The van der Waals surface area contributed by atoms with Gasteiger partial charge in [0.15, 0.2) is 0 Å². The summed E-state index contributed by atoms with van der Waals surface area (Å²) >= 11 is 6.44. The Kier molecular flexibility index (Phi) is 6.20. The maximum Gasteiger partial charge on any atom is 0.266 e. The highest BCUT2D eigenvalue weighted by molar-refractivity contribution is 8.26.